The summed E-state index contributed by atoms with van der Waals surface area (Å²) in [4.78, 5) is 12.7. The van der Waals surface area contributed by atoms with Crippen LogP contribution < -0.4 is 20.5 Å². The zero-order valence-electron chi connectivity index (χ0n) is 15.9. The average molecular weight is 356 g/mol. The summed E-state index contributed by atoms with van der Waals surface area (Å²) in [5.41, 5.74) is 8.03. The number of carbonyl (C=O) groups excluding carboxylic acids is 1. The summed E-state index contributed by atoms with van der Waals surface area (Å²) in [6.07, 6.45) is 0.965. The second-order valence-corrected chi connectivity index (χ2v) is 6.31. The largest absolute Gasteiger partial charge is 0.494 e. The first-order valence-electron chi connectivity index (χ1n) is 9.00. The van der Waals surface area contributed by atoms with E-state index < -0.39 is 6.10 Å². The molecule has 2 aromatic rings. The van der Waals surface area contributed by atoms with E-state index in [9.17, 15) is 4.79 Å². The summed E-state index contributed by atoms with van der Waals surface area (Å²) < 4.78 is 11.4. The topological polar surface area (TPSA) is 73.6 Å². The zero-order chi connectivity index (χ0) is 19.1. The molecule has 0 spiro atoms. The quantitative estimate of drug-likeness (QED) is 0.679. The van der Waals surface area contributed by atoms with Crippen LogP contribution in [-0.2, 0) is 4.79 Å². The van der Waals surface area contributed by atoms with Crippen molar-refractivity contribution in [2.45, 2.75) is 45.6 Å². The summed E-state index contributed by atoms with van der Waals surface area (Å²) in [6, 6.07) is 13.0. The van der Waals surface area contributed by atoms with Gasteiger partial charge in [0, 0.05) is 11.8 Å². The molecular formula is C21H28N2O3. The molecule has 0 fully saturated rings. The minimum absolute atomic E-state index is 0.213. The molecule has 0 radical (unpaired) electrons. The average Bonchev–Trinajstić information content (AvgIpc) is 2.66. The van der Waals surface area contributed by atoms with E-state index in [4.69, 9.17) is 15.2 Å². The highest BCUT2D eigenvalue weighted by molar-refractivity contribution is 5.96. The van der Waals surface area contributed by atoms with Crippen LogP contribution in [-0.4, -0.2) is 19.1 Å². The van der Waals surface area contributed by atoms with E-state index in [1.54, 1.807) is 25.3 Å². The van der Waals surface area contributed by atoms with Crippen LogP contribution in [0.15, 0.2) is 42.5 Å². The van der Waals surface area contributed by atoms with Crippen LogP contribution >= 0.6 is 0 Å². The predicted octanol–water partition coefficient (Wildman–Crippen LogP) is 4.59. The summed E-state index contributed by atoms with van der Waals surface area (Å²) in [7, 11) is 1.54. The van der Waals surface area contributed by atoms with Crippen LogP contribution in [0.3, 0.4) is 0 Å². The van der Waals surface area contributed by atoms with Crippen molar-refractivity contribution in [3.05, 3.63) is 48.0 Å². The second kappa shape index (κ2) is 9.13. The van der Waals surface area contributed by atoms with E-state index in [2.05, 4.69) is 25.2 Å². The number of carbonyl (C=O) groups is 1. The Morgan fingerprint density at radius 1 is 1.12 bits per heavy atom. The minimum Gasteiger partial charge on any atom is -0.494 e. The third kappa shape index (κ3) is 4.69. The van der Waals surface area contributed by atoms with Gasteiger partial charge in [0.05, 0.1) is 12.8 Å². The molecule has 0 saturated heterocycles. The van der Waals surface area contributed by atoms with E-state index in [0.717, 1.165) is 17.7 Å². The predicted molar refractivity (Wildman–Crippen MR) is 106 cm³/mol. The van der Waals surface area contributed by atoms with E-state index in [-0.39, 0.29) is 5.91 Å². The molecule has 26 heavy (non-hydrogen) atoms. The van der Waals surface area contributed by atoms with Crippen LogP contribution in [0.2, 0.25) is 0 Å². The molecule has 0 aliphatic heterocycles. The summed E-state index contributed by atoms with van der Waals surface area (Å²) in [6.45, 7) is 6.22. The number of methoxy groups -OCH3 is 1. The van der Waals surface area contributed by atoms with Gasteiger partial charge in [0.25, 0.3) is 5.91 Å². The molecule has 0 heterocycles. The number of nitrogens with two attached hydrogens (primary N) is 1. The van der Waals surface area contributed by atoms with Crippen LogP contribution in [0.4, 0.5) is 11.4 Å². The standard InChI is InChI=1S/C21H28N2O3/c1-5-14(3)16-9-7-8-10-19(16)26-18(6-2)21(24)23-17-12-11-15(22)13-20(17)25-4/h7-14,18H,5-6,22H2,1-4H3,(H,23,24). The molecule has 5 heteroatoms. The van der Waals surface area contributed by atoms with Gasteiger partial charge in [-0.05, 0) is 42.5 Å². The van der Waals surface area contributed by atoms with Gasteiger partial charge >= 0.3 is 0 Å². The minimum atomic E-state index is -0.595. The Balaban J connectivity index is 2.18. The molecule has 0 bridgehead atoms. The van der Waals surface area contributed by atoms with Crippen LogP contribution in [0.5, 0.6) is 11.5 Å². The summed E-state index contributed by atoms with van der Waals surface area (Å²) in [5, 5.41) is 2.88. The van der Waals surface area contributed by atoms with Gasteiger partial charge in [0.2, 0.25) is 0 Å². The van der Waals surface area contributed by atoms with E-state index in [1.807, 2.05) is 25.1 Å². The Labute approximate surface area is 155 Å². The number of hydrogen-bond donors (Lipinski definition) is 2. The fraction of sp³-hybridized carbons (Fsp3) is 0.381. The lowest BCUT2D eigenvalue weighted by Gasteiger charge is -2.21. The van der Waals surface area contributed by atoms with Crippen molar-refractivity contribution in [3.8, 4) is 11.5 Å². The highest BCUT2D eigenvalue weighted by Gasteiger charge is 2.22. The molecule has 2 aromatic carbocycles. The summed E-state index contributed by atoms with van der Waals surface area (Å²) >= 11 is 0. The van der Waals surface area contributed by atoms with Crippen molar-refractivity contribution in [2.24, 2.45) is 0 Å². The molecule has 2 atom stereocenters. The number of rotatable bonds is 8. The number of benzene rings is 2. The van der Waals surface area contributed by atoms with Crippen molar-refractivity contribution < 1.29 is 14.3 Å². The number of anilines is 2. The third-order valence-electron chi connectivity index (χ3n) is 4.48. The molecule has 0 saturated carbocycles. The van der Waals surface area contributed by atoms with Gasteiger partial charge in [-0.3, -0.25) is 4.79 Å². The van der Waals surface area contributed by atoms with Crippen molar-refractivity contribution >= 4 is 17.3 Å². The molecule has 2 unspecified atom stereocenters. The normalized spacial score (nSPS) is 12.9. The van der Waals surface area contributed by atoms with Gasteiger partial charge in [0.1, 0.15) is 11.5 Å². The molecular weight excluding hydrogens is 328 g/mol. The smallest absolute Gasteiger partial charge is 0.265 e. The van der Waals surface area contributed by atoms with Gasteiger partial charge in [-0.2, -0.15) is 0 Å². The van der Waals surface area contributed by atoms with Crippen molar-refractivity contribution in [1.29, 1.82) is 0 Å². The molecule has 0 aliphatic carbocycles. The van der Waals surface area contributed by atoms with Crippen LogP contribution in [0.1, 0.15) is 45.1 Å². The van der Waals surface area contributed by atoms with Gasteiger partial charge in [-0.25, -0.2) is 0 Å². The Morgan fingerprint density at radius 2 is 1.85 bits per heavy atom. The van der Waals surface area contributed by atoms with E-state index in [0.29, 0.717) is 29.5 Å². The Kier molecular flexibility index (Phi) is 6.89. The molecule has 1 amide bonds. The highest BCUT2D eigenvalue weighted by atomic mass is 16.5. The number of amides is 1. The molecule has 0 aromatic heterocycles. The fourth-order valence-corrected chi connectivity index (χ4v) is 2.71. The monoisotopic (exact) mass is 356 g/mol. The van der Waals surface area contributed by atoms with Crippen LogP contribution in [0, 0.1) is 0 Å². The van der Waals surface area contributed by atoms with Crippen molar-refractivity contribution in [3.63, 3.8) is 0 Å². The lowest BCUT2D eigenvalue weighted by Crippen LogP contribution is -2.32. The zero-order valence-corrected chi connectivity index (χ0v) is 15.9. The Hall–Kier alpha value is -2.69. The number of hydrogen-bond acceptors (Lipinski definition) is 4. The molecule has 2 rings (SSSR count). The Morgan fingerprint density at radius 3 is 2.50 bits per heavy atom. The van der Waals surface area contributed by atoms with Gasteiger partial charge < -0.3 is 20.5 Å². The second-order valence-electron chi connectivity index (χ2n) is 6.31. The van der Waals surface area contributed by atoms with Gasteiger partial charge in [-0.15, -0.1) is 0 Å². The first-order valence-corrected chi connectivity index (χ1v) is 9.00. The molecule has 3 N–H and O–H groups in total. The summed E-state index contributed by atoms with van der Waals surface area (Å²) in [5.74, 6) is 1.43. The third-order valence-corrected chi connectivity index (χ3v) is 4.48. The van der Waals surface area contributed by atoms with Crippen molar-refractivity contribution in [2.75, 3.05) is 18.2 Å². The van der Waals surface area contributed by atoms with E-state index in [1.165, 1.54) is 0 Å². The number of ether oxygens (including phenoxy) is 2. The maximum atomic E-state index is 12.7. The van der Waals surface area contributed by atoms with Gasteiger partial charge in [0.15, 0.2) is 6.10 Å². The van der Waals surface area contributed by atoms with Gasteiger partial charge in [-0.1, -0.05) is 39.0 Å². The molecule has 5 nitrogen and oxygen atoms in total. The van der Waals surface area contributed by atoms with E-state index >= 15 is 0 Å². The maximum absolute atomic E-state index is 12.7. The molecule has 140 valence electrons. The lowest BCUT2D eigenvalue weighted by molar-refractivity contribution is -0.122. The number of nitrogens with one attached hydrogen (secondary N) is 1. The Bertz CT molecular complexity index is 746. The molecule has 0 aliphatic rings. The maximum Gasteiger partial charge on any atom is 0.265 e. The number of para-hydroxylation sites is 1. The van der Waals surface area contributed by atoms with Crippen LogP contribution in [0.25, 0.3) is 0 Å². The number of nitrogen functional groups attached to an aromatic ring is 1. The fourth-order valence-electron chi connectivity index (χ4n) is 2.71. The first-order chi connectivity index (χ1) is 12.5. The highest BCUT2D eigenvalue weighted by Crippen LogP contribution is 2.30. The lowest BCUT2D eigenvalue weighted by atomic mass is 9.98. The van der Waals surface area contributed by atoms with Crippen molar-refractivity contribution in [1.82, 2.24) is 0 Å². The first kappa shape index (κ1) is 19.6. The SMILES string of the molecule is CCC(Oc1ccccc1C(C)CC)C(=O)Nc1ccc(N)cc1OC.